The Bertz CT molecular complexity index is 2160. The number of nitrogens with one attached hydrogen (secondary N) is 2. The number of likely N-dealkylation sites (tertiary alicyclic amines) is 1. The number of methoxy groups -OCH3 is 1. The maximum atomic E-state index is 14.0. The second-order valence-electron chi connectivity index (χ2n) is 18.1. The minimum Gasteiger partial charge on any atom is -0.508 e. The van der Waals surface area contributed by atoms with E-state index in [1.807, 2.05) is 38.2 Å². The van der Waals surface area contributed by atoms with Crippen LogP contribution >= 0.6 is 0 Å². The van der Waals surface area contributed by atoms with Gasteiger partial charge in [0.2, 0.25) is 12.3 Å². The zero-order valence-electron chi connectivity index (χ0n) is 38.6. The molecule has 2 aromatic carbocycles. The Morgan fingerprint density at radius 1 is 1.02 bits per heavy atom. The number of aryl methyl sites for hydroxylation is 1. The Morgan fingerprint density at radius 2 is 1.76 bits per heavy atom. The fraction of sp³-hybridized carbons (Fsp3) is 0.531. The van der Waals surface area contributed by atoms with E-state index in [9.17, 15) is 24.3 Å². The number of fused-ring (bicyclic) bond motifs is 1. The molecule has 342 valence electrons. The van der Waals surface area contributed by atoms with Gasteiger partial charge in [-0.25, -0.2) is 5.43 Å². The van der Waals surface area contributed by atoms with Crippen LogP contribution in [0.2, 0.25) is 0 Å². The SMILES string of the molecule is CCn1c(-c2cnccc2COC)c(CC(C)(C)COC=O)c2cc(-c3cc(O)cc(CC(NC(=O)C(C(C)C)N(C)C=O)C(=O)N4CCCCN4)c3)ccc21.CN1CCCCC1. The summed E-state index contributed by atoms with van der Waals surface area (Å²) in [6.45, 7) is 15.5. The van der Waals surface area contributed by atoms with Crippen LogP contribution in [0.25, 0.3) is 33.3 Å². The van der Waals surface area contributed by atoms with E-state index in [1.54, 1.807) is 37.5 Å². The van der Waals surface area contributed by atoms with Crippen LogP contribution in [0.15, 0.2) is 54.9 Å². The number of phenolic OH excluding ortho intramolecular Hbond substituents is 1. The highest BCUT2D eigenvalue weighted by Crippen LogP contribution is 2.41. The number of carbonyl (C=O) groups excluding carboxylic acids is 4. The molecule has 2 unspecified atom stereocenters. The Kier molecular flexibility index (Phi) is 17.7. The van der Waals surface area contributed by atoms with Crippen LogP contribution in [0.5, 0.6) is 5.75 Å². The molecule has 0 radical (unpaired) electrons. The number of hydrazine groups is 1. The lowest BCUT2D eigenvalue weighted by Crippen LogP contribution is -2.58. The number of aromatic hydroxyl groups is 1. The van der Waals surface area contributed by atoms with Crippen molar-refractivity contribution in [2.75, 3.05) is 54.0 Å². The number of ether oxygens (including phenoxy) is 2. The quantitative estimate of drug-likeness (QED) is 0.0963. The smallest absolute Gasteiger partial charge is 0.293 e. The van der Waals surface area contributed by atoms with Crippen LogP contribution in [0.4, 0.5) is 0 Å². The zero-order chi connectivity index (χ0) is 45.7. The number of hydrogen-bond acceptors (Lipinski definition) is 10. The van der Waals surface area contributed by atoms with Crippen molar-refractivity contribution in [2.45, 2.75) is 105 Å². The molecule has 2 atom stereocenters. The lowest BCUT2D eigenvalue weighted by Gasteiger charge is -2.33. The third-order valence-corrected chi connectivity index (χ3v) is 12.0. The first-order valence-electron chi connectivity index (χ1n) is 22.4. The number of nitrogens with zero attached hydrogens (tertiary/aromatic N) is 5. The molecule has 4 heterocycles. The van der Waals surface area contributed by atoms with Gasteiger partial charge in [0, 0.05) is 74.5 Å². The van der Waals surface area contributed by atoms with Gasteiger partial charge in [-0.1, -0.05) is 46.2 Å². The Labute approximate surface area is 373 Å². The van der Waals surface area contributed by atoms with Crippen molar-refractivity contribution in [3.63, 3.8) is 0 Å². The highest BCUT2D eigenvalue weighted by molar-refractivity contribution is 5.95. The third-order valence-electron chi connectivity index (χ3n) is 12.0. The van der Waals surface area contributed by atoms with Gasteiger partial charge in [0.15, 0.2) is 0 Å². The summed E-state index contributed by atoms with van der Waals surface area (Å²) in [6, 6.07) is 11.7. The molecule has 6 rings (SSSR count). The number of benzene rings is 2. The fourth-order valence-corrected chi connectivity index (χ4v) is 8.92. The zero-order valence-corrected chi connectivity index (χ0v) is 38.6. The van der Waals surface area contributed by atoms with Crippen LogP contribution in [0.1, 0.15) is 83.4 Å². The van der Waals surface area contributed by atoms with Crippen molar-refractivity contribution in [3.8, 4) is 28.1 Å². The van der Waals surface area contributed by atoms with Gasteiger partial charge in [-0.2, -0.15) is 0 Å². The number of amides is 3. The molecule has 3 N–H and O–H groups in total. The highest BCUT2D eigenvalue weighted by atomic mass is 16.5. The number of carbonyl (C=O) groups is 4. The van der Waals surface area contributed by atoms with E-state index in [4.69, 9.17) is 9.47 Å². The van der Waals surface area contributed by atoms with Crippen LogP contribution in [-0.4, -0.2) is 120 Å². The van der Waals surface area contributed by atoms with Gasteiger partial charge in [-0.15, -0.1) is 0 Å². The van der Waals surface area contributed by atoms with Gasteiger partial charge in [-0.3, -0.25) is 29.2 Å². The summed E-state index contributed by atoms with van der Waals surface area (Å²) in [5.74, 6) is -0.894. The Morgan fingerprint density at radius 3 is 2.38 bits per heavy atom. The number of phenols is 1. The average Bonchev–Trinajstić information content (AvgIpc) is 3.57. The van der Waals surface area contributed by atoms with Gasteiger partial charge in [-0.05, 0) is 123 Å². The molecule has 2 fully saturated rings. The summed E-state index contributed by atoms with van der Waals surface area (Å²) in [5, 5.41) is 16.6. The molecular weight excluding hydrogens is 799 g/mol. The van der Waals surface area contributed by atoms with E-state index < -0.39 is 23.4 Å². The molecule has 0 spiro atoms. The van der Waals surface area contributed by atoms with E-state index in [2.05, 4.69) is 65.1 Å². The Hall–Kier alpha value is -5.31. The largest absolute Gasteiger partial charge is 0.508 e. The predicted molar refractivity (Wildman–Crippen MR) is 247 cm³/mol. The van der Waals surface area contributed by atoms with Crippen molar-refractivity contribution < 1.29 is 33.8 Å². The van der Waals surface area contributed by atoms with Gasteiger partial charge >= 0.3 is 0 Å². The van der Waals surface area contributed by atoms with Crippen molar-refractivity contribution in [1.29, 1.82) is 0 Å². The molecule has 63 heavy (non-hydrogen) atoms. The van der Waals surface area contributed by atoms with Gasteiger partial charge in [0.25, 0.3) is 12.4 Å². The minimum absolute atomic E-state index is 0.0192. The van der Waals surface area contributed by atoms with Crippen LogP contribution in [0.3, 0.4) is 0 Å². The first-order valence-corrected chi connectivity index (χ1v) is 22.4. The topological polar surface area (TPSA) is 159 Å². The summed E-state index contributed by atoms with van der Waals surface area (Å²) in [7, 11) is 5.41. The highest BCUT2D eigenvalue weighted by Gasteiger charge is 2.33. The fourth-order valence-electron chi connectivity index (χ4n) is 8.92. The second-order valence-corrected chi connectivity index (χ2v) is 18.1. The van der Waals surface area contributed by atoms with Gasteiger partial charge < -0.3 is 34.3 Å². The number of hydrogen-bond donors (Lipinski definition) is 3. The summed E-state index contributed by atoms with van der Waals surface area (Å²) in [4.78, 5) is 58.8. The minimum atomic E-state index is -0.962. The number of aromatic nitrogens is 2. The molecule has 0 aliphatic carbocycles. The molecule has 2 saturated heterocycles. The van der Waals surface area contributed by atoms with E-state index in [1.165, 1.54) is 37.3 Å². The first-order chi connectivity index (χ1) is 30.2. The molecule has 2 aliphatic rings. The third kappa shape index (κ3) is 12.7. The molecule has 14 heteroatoms. The molecule has 0 bridgehead atoms. The van der Waals surface area contributed by atoms with E-state index >= 15 is 0 Å². The number of piperidine rings is 1. The number of likely N-dealkylation sites (N-methyl/N-ethyl adjacent to an activating group) is 1. The van der Waals surface area contributed by atoms with E-state index in [0.717, 1.165) is 57.3 Å². The van der Waals surface area contributed by atoms with Crippen LogP contribution < -0.4 is 10.7 Å². The maximum absolute atomic E-state index is 14.0. The molecule has 0 saturated carbocycles. The molecule has 2 aromatic heterocycles. The molecule has 4 aromatic rings. The second kappa shape index (κ2) is 22.9. The summed E-state index contributed by atoms with van der Waals surface area (Å²) < 4.78 is 13.1. The van der Waals surface area contributed by atoms with Crippen molar-refractivity contribution >= 4 is 35.6 Å². The molecule has 2 aliphatic heterocycles. The molecule has 3 amide bonds. The summed E-state index contributed by atoms with van der Waals surface area (Å²) in [5.41, 5.74) is 10.0. The Balaban J connectivity index is 0.000000971. The summed E-state index contributed by atoms with van der Waals surface area (Å²) >= 11 is 0. The van der Waals surface area contributed by atoms with Crippen molar-refractivity contribution in [1.82, 2.24) is 35.1 Å². The first kappa shape index (κ1) is 48.7. The monoisotopic (exact) mass is 868 g/mol. The summed E-state index contributed by atoms with van der Waals surface area (Å²) in [6.07, 6.45) is 11.0. The van der Waals surface area contributed by atoms with Gasteiger partial charge in [0.05, 0.1) is 18.9 Å². The molecule has 14 nitrogen and oxygen atoms in total. The number of rotatable bonds is 18. The average molecular weight is 868 g/mol. The number of pyridine rings is 1. The normalized spacial score (nSPS) is 15.6. The lowest BCUT2D eigenvalue weighted by atomic mass is 9.84. The van der Waals surface area contributed by atoms with Gasteiger partial charge in [0.1, 0.15) is 17.8 Å². The predicted octanol–water partition coefficient (Wildman–Crippen LogP) is 6.35. The van der Waals surface area contributed by atoms with Crippen molar-refractivity contribution in [3.05, 3.63) is 71.5 Å². The standard InChI is InChI=1S/C43H56N6O7.C6H13N/c1-8-48-38-12-11-30(21-34(38)35(22-43(4,5)25-56-27-51)40(48)36-23-44-15-13-31(36)24-55-7)32-17-29(18-33(52)20-32)19-37(42(54)49-16-10-9-14-45-49)46-41(53)39(28(2)3)47(6)26-50;1-7-5-3-2-4-6-7/h11-13,15,17-18,20-21,23,26-28,37,39,45,52H,8-10,14,16,19,22,24-25H2,1-7H3,(H,46,53);2-6H2,1H3. The van der Waals surface area contributed by atoms with Crippen LogP contribution in [0, 0.1) is 11.3 Å². The van der Waals surface area contributed by atoms with E-state index in [0.29, 0.717) is 51.1 Å². The van der Waals surface area contributed by atoms with E-state index in [-0.39, 0.29) is 30.6 Å². The maximum Gasteiger partial charge on any atom is 0.293 e. The molecular formula is C49H69N7O7. The van der Waals surface area contributed by atoms with Crippen molar-refractivity contribution in [2.24, 2.45) is 11.3 Å². The lowest BCUT2D eigenvalue weighted by molar-refractivity contribution is -0.142. The van der Waals surface area contributed by atoms with Crippen LogP contribution in [-0.2, 0) is 54.6 Å².